The first-order valence-corrected chi connectivity index (χ1v) is 14.0. The van der Waals surface area contributed by atoms with Gasteiger partial charge in [0.2, 0.25) is 5.91 Å². The van der Waals surface area contributed by atoms with Gasteiger partial charge < -0.3 is 20.7 Å². The first kappa shape index (κ1) is 30.3. The fourth-order valence-corrected chi connectivity index (χ4v) is 4.73. The molecule has 0 bridgehead atoms. The summed E-state index contributed by atoms with van der Waals surface area (Å²) in [5.41, 5.74) is 1.46. The third kappa shape index (κ3) is 7.26. The molecule has 1 saturated carbocycles. The molecule has 226 valence electrons. The lowest BCUT2D eigenvalue weighted by molar-refractivity contribution is -0.137. The van der Waals surface area contributed by atoms with Crippen molar-refractivity contribution in [3.8, 4) is 16.9 Å². The van der Waals surface area contributed by atoms with Gasteiger partial charge in [-0.1, -0.05) is 60.7 Å². The molecule has 0 aromatic heterocycles. The first-order valence-electron chi connectivity index (χ1n) is 14.0. The molecule has 4 aromatic rings. The Kier molecular flexibility index (Phi) is 8.99. The van der Waals surface area contributed by atoms with Crippen molar-refractivity contribution in [1.29, 1.82) is 0 Å². The van der Waals surface area contributed by atoms with Gasteiger partial charge in [0.25, 0.3) is 11.8 Å². The maximum atomic E-state index is 13.3. The highest BCUT2D eigenvalue weighted by Gasteiger charge is 2.30. The number of nitrogens with one attached hydrogen (secondary N) is 3. The minimum absolute atomic E-state index is 0.201. The smallest absolute Gasteiger partial charge is 0.416 e. The van der Waals surface area contributed by atoms with Crippen LogP contribution in [0.25, 0.3) is 11.1 Å². The van der Waals surface area contributed by atoms with Gasteiger partial charge in [0.1, 0.15) is 11.8 Å². The summed E-state index contributed by atoms with van der Waals surface area (Å²) in [7, 11) is 1.39. The average Bonchev–Trinajstić information content (AvgIpc) is 3.87. The molecule has 3 N–H and O–H groups in total. The van der Waals surface area contributed by atoms with Crippen molar-refractivity contribution in [2.24, 2.45) is 5.92 Å². The standard InChI is InChI=1S/C34H30F3N3O4/c1-44-29-19-24(31(41)40-30(23-7-3-2-4-8-23)33(43)38-20-21-11-12-21)15-18-28(29)39-32(42)27-10-6-5-9-26(27)22-13-16-25(17-14-22)34(35,36)37/h2-10,13-19,21,30H,11-12,20H2,1H3,(H,38,43)(H,39,42)(H,40,41)/t30-/m0/s1. The zero-order chi connectivity index (χ0) is 31.3. The Morgan fingerprint density at radius 1 is 0.864 bits per heavy atom. The molecule has 44 heavy (non-hydrogen) atoms. The van der Waals surface area contributed by atoms with E-state index in [1.165, 1.54) is 37.4 Å². The molecule has 1 fully saturated rings. The van der Waals surface area contributed by atoms with Gasteiger partial charge in [-0.3, -0.25) is 14.4 Å². The molecule has 3 amide bonds. The number of ether oxygens (including phenoxy) is 1. The van der Waals surface area contributed by atoms with E-state index in [0.717, 1.165) is 25.0 Å². The lowest BCUT2D eigenvalue weighted by atomic mass is 9.98. The second kappa shape index (κ2) is 13.0. The Hall–Kier alpha value is -5.12. The zero-order valence-corrected chi connectivity index (χ0v) is 23.8. The molecule has 0 unspecified atom stereocenters. The van der Waals surface area contributed by atoms with Crippen LogP contribution < -0.4 is 20.7 Å². The topological polar surface area (TPSA) is 96.5 Å². The third-order valence-corrected chi connectivity index (χ3v) is 7.34. The van der Waals surface area contributed by atoms with Gasteiger partial charge in [0, 0.05) is 17.7 Å². The Balaban J connectivity index is 1.33. The van der Waals surface area contributed by atoms with Crippen molar-refractivity contribution in [3.05, 3.63) is 119 Å². The van der Waals surface area contributed by atoms with Crippen LogP contribution in [0.1, 0.15) is 50.7 Å². The van der Waals surface area contributed by atoms with Crippen molar-refractivity contribution in [3.63, 3.8) is 0 Å². The van der Waals surface area contributed by atoms with E-state index < -0.39 is 29.6 Å². The number of hydrogen-bond donors (Lipinski definition) is 3. The van der Waals surface area contributed by atoms with Crippen LogP contribution in [0.2, 0.25) is 0 Å². The number of hydrogen-bond acceptors (Lipinski definition) is 4. The molecule has 0 heterocycles. The summed E-state index contributed by atoms with van der Waals surface area (Å²) in [4.78, 5) is 39.7. The number of alkyl halides is 3. The number of benzene rings is 4. The number of anilines is 1. The van der Waals surface area contributed by atoms with Gasteiger partial charge in [-0.2, -0.15) is 13.2 Å². The molecule has 0 spiro atoms. The highest BCUT2D eigenvalue weighted by atomic mass is 19.4. The summed E-state index contributed by atoms with van der Waals surface area (Å²) in [6, 6.07) is 23.6. The van der Waals surface area contributed by atoms with Crippen LogP contribution in [0.15, 0.2) is 97.1 Å². The summed E-state index contributed by atoms with van der Waals surface area (Å²) in [5.74, 6) is -0.664. The van der Waals surface area contributed by atoms with E-state index in [1.807, 2.05) is 6.07 Å². The molecular formula is C34H30F3N3O4. The Morgan fingerprint density at radius 2 is 1.55 bits per heavy atom. The van der Waals surface area contributed by atoms with E-state index in [0.29, 0.717) is 29.2 Å². The predicted molar refractivity (Wildman–Crippen MR) is 160 cm³/mol. The van der Waals surface area contributed by atoms with Crippen LogP contribution in [0, 0.1) is 5.92 Å². The highest BCUT2D eigenvalue weighted by Crippen LogP contribution is 2.33. The van der Waals surface area contributed by atoms with E-state index in [4.69, 9.17) is 4.74 Å². The fourth-order valence-electron chi connectivity index (χ4n) is 4.73. The van der Waals surface area contributed by atoms with Crippen molar-refractivity contribution in [2.75, 3.05) is 19.0 Å². The molecule has 1 aliphatic rings. The van der Waals surface area contributed by atoms with Gasteiger partial charge in [0.15, 0.2) is 0 Å². The molecule has 4 aromatic carbocycles. The molecule has 1 aliphatic carbocycles. The summed E-state index contributed by atoms with van der Waals surface area (Å²) in [5, 5.41) is 8.49. The van der Waals surface area contributed by atoms with Crippen LogP contribution >= 0.6 is 0 Å². The van der Waals surface area contributed by atoms with Crippen LogP contribution in [-0.2, 0) is 11.0 Å². The zero-order valence-electron chi connectivity index (χ0n) is 23.8. The number of methoxy groups -OCH3 is 1. The minimum atomic E-state index is -4.47. The van der Waals surface area contributed by atoms with Crippen LogP contribution in [-0.4, -0.2) is 31.4 Å². The van der Waals surface area contributed by atoms with Crippen molar-refractivity contribution >= 4 is 23.4 Å². The van der Waals surface area contributed by atoms with E-state index in [2.05, 4.69) is 16.0 Å². The Morgan fingerprint density at radius 3 is 2.20 bits per heavy atom. The quantitative estimate of drug-likeness (QED) is 0.190. The first-order chi connectivity index (χ1) is 21.1. The van der Waals surface area contributed by atoms with Crippen LogP contribution in [0.4, 0.5) is 18.9 Å². The second-order valence-corrected chi connectivity index (χ2v) is 10.5. The number of rotatable bonds is 10. The van der Waals surface area contributed by atoms with Gasteiger partial charge in [-0.05, 0) is 71.8 Å². The normalized spacial score (nSPS) is 13.5. The van der Waals surface area contributed by atoms with E-state index in [-0.39, 0.29) is 28.5 Å². The lowest BCUT2D eigenvalue weighted by Crippen LogP contribution is -2.41. The maximum absolute atomic E-state index is 13.3. The van der Waals surface area contributed by atoms with Gasteiger partial charge >= 0.3 is 6.18 Å². The SMILES string of the molecule is COc1cc(C(=O)N[C@H](C(=O)NCC2CC2)c2ccccc2)ccc1NC(=O)c1ccccc1-c1ccc(C(F)(F)F)cc1. The molecule has 7 nitrogen and oxygen atoms in total. The molecule has 0 aliphatic heterocycles. The average molecular weight is 602 g/mol. The molecule has 5 rings (SSSR count). The van der Waals surface area contributed by atoms with Crippen molar-refractivity contribution in [1.82, 2.24) is 10.6 Å². The summed E-state index contributed by atoms with van der Waals surface area (Å²) in [6.07, 6.45) is -2.32. The molecule has 0 radical (unpaired) electrons. The number of halogens is 3. The Labute approximate surface area is 252 Å². The van der Waals surface area contributed by atoms with Crippen molar-refractivity contribution in [2.45, 2.75) is 25.1 Å². The second-order valence-electron chi connectivity index (χ2n) is 10.5. The monoisotopic (exact) mass is 601 g/mol. The predicted octanol–water partition coefficient (Wildman–Crippen LogP) is 6.63. The highest BCUT2D eigenvalue weighted by molar-refractivity contribution is 6.09. The van der Waals surface area contributed by atoms with Crippen LogP contribution in [0.3, 0.4) is 0 Å². The summed E-state index contributed by atoms with van der Waals surface area (Å²) < 4.78 is 44.6. The lowest BCUT2D eigenvalue weighted by Gasteiger charge is -2.19. The third-order valence-electron chi connectivity index (χ3n) is 7.34. The van der Waals surface area contributed by atoms with Crippen molar-refractivity contribution < 1.29 is 32.3 Å². The fraction of sp³-hybridized carbons (Fsp3) is 0.206. The molecular weight excluding hydrogens is 571 g/mol. The molecule has 1 atom stereocenters. The van der Waals surface area contributed by atoms with Gasteiger partial charge in [-0.25, -0.2) is 0 Å². The largest absolute Gasteiger partial charge is 0.495 e. The van der Waals surface area contributed by atoms with Gasteiger partial charge in [-0.15, -0.1) is 0 Å². The molecule has 0 saturated heterocycles. The Bertz CT molecular complexity index is 1650. The summed E-state index contributed by atoms with van der Waals surface area (Å²) in [6.45, 7) is 0.558. The number of amides is 3. The minimum Gasteiger partial charge on any atom is -0.495 e. The number of carbonyl (C=O) groups is 3. The maximum Gasteiger partial charge on any atom is 0.416 e. The van der Waals surface area contributed by atoms with Crippen LogP contribution in [0.5, 0.6) is 5.75 Å². The van der Waals surface area contributed by atoms with E-state index >= 15 is 0 Å². The van der Waals surface area contributed by atoms with E-state index in [1.54, 1.807) is 48.5 Å². The molecule has 10 heteroatoms. The number of carbonyl (C=O) groups excluding carboxylic acids is 3. The summed E-state index contributed by atoms with van der Waals surface area (Å²) >= 11 is 0. The van der Waals surface area contributed by atoms with E-state index in [9.17, 15) is 27.6 Å². The van der Waals surface area contributed by atoms with Gasteiger partial charge in [0.05, 0.1) is 18.4 Å².